The van der Waals surface area contributed by atoms with Gasteiger partial charge in [0.25, 0.3) is 0 Å². The lowest BCUT2D eigenvalue weighted by molar-refractivity contribution is 0.880. The minimum atomic E-state index is 0.652. The van der Waals surface area contributed by atoms with Crippen molar-refractivity contribution in [3.05, 3.63) is 72.6 Å². The molecule has 3 aromatic rings. The Bertz CT molecular complexity index is 719. The van der Waals surface area contributed by atoms with E-state index in [4.69, 9.17) is 5.26 Å². The average molecular weight is 245 g/mol. The fourth-order valence-electron chi connectivity index (χ4n) is 1.93. The molecule has 19 heavy (non-hydrogen) atoms. The van der Waals surface area contributed by atoms with Crippen molar-refractivity contribution < 1.29 is 0 Å². The van der Waals surface area contributed by atoms with Crippen LogP contribution in [0.25, 0.3) is 16.8 Å². The Morgan fingerprint density at radius 2 is 1.63 bits per heavy atom. The lowest BCUT2D eigenvalue weighted by Crippen LogP contribution is -1.93. The smallest absolute Gasteiger partial charge is 0.0991 e. The van der Waals surface area contributed by atoms with E-state index in [2.05, 4.69) is 23.3 Å². The summed E-state index contributed by atoms with van der Waals surface area (Å²) < 4.78 is 1.81. The largest absolute Gasteiger partial charge is 0.240 e. The van der Waals surface area contributed by atoms with E-state index < -0.39 is 0 Å². The zero-order chi connectivity index (χ0) is 13.1. The highest BCUT2D eigenvalue weighted by atomic mass is 15.3. The van der Waals surface area contributed by atoms with Gasteiger partial charge in [-0.1, -0.05) is 30.3 Å². The van der Waals surface area contributed by atoms with E-state index in [-0.39, 0.29) is 0 Å². The molecule has 0 saturated heterocycles. The van der Waals surface area contributed by atoms with Gasteiger partial charge in [0.05, 0.1) is 23.5 Å². The van der Waals surface area contributed by atoms with Crippen molar-refractivity contribution >= 4 is 0 Å². The summed E-state index contributed by atoms with van der Waals surface area (Å²) in [6.07, 6.45) is 3.82. The van der Waals surface area contributed by atoms with Gasteiger partial charge in [-0.2, -0.15) is 10.4 Å². The van der Waals surface area contributed by atoms with Crippen LogP contribution in [0.4, 0.5) is 0 Å². The van der Waals surface area contributed by atoms with Crippen LogP contribution in [0.15, 0.2) is 67.0 Å². The van der Waals surface area contributed by atoms with Gasteiger partial charge < -0.3 is 0 Å². The lowest BCUT2D eigenvalue weighted by Gasteiger charge is -2.00. The van der Waals surface area contributed by atoms with Gasteiger partial charge >= 0.3 is 0 Å². The van der Waals surface area contributed by atoms with Gasteiger partial charge in [0, 0.05) is 11.8 Å². The van der Waals surface area contributed by atoms with Crippen molar-refractivity contribution in [2.45, 2.75) is 0 Å². The molecule has 0 aliphatic heterocycles. The van der Waals surface area contributed by atoms with E-state index in [0.29, 0.717) is 5.56 Å². The number of rotatable bonds is 2. The SMILES string of the molecule is N#Cc1ccc(-n2cc(-c3ccccc3)cn2)cc1. The summed E-state index contributed by atoms with van der Waals surface area (Å²) in [5.41, 5.74) is 3.81. The summed E-state index contributed by atoms with van der Waals surface area (Å²) in [5, 5.41) is 13.1. The molecule has 0 aliphatic rings. The Labute approximate surface area is 111 Å². The highest BCUT2D eigenvalue weighted by molar-refractivity contribution is 5.62. The minimum absolute atomic E-state index is 0.652. The number of hydrogen-bond acceptors (Lipinski definition) is 2. The topological polar surface area (TPSA) is 41.6 Å². The van der Waals surface area contributed by atoms with Gasteiger partial charge in [-0.25, -0.2) is 4.68 Å². The van der Waals surface area contributed by atoms with Crippen LogP contribution in [-0.4, -0.2) is 9.78 Å². The van der Waals surface area contributed by atoms with E-state index in [9.17, 15) is 0 Å². The molecule has 3 rings (SSSR count). The van der Waals surface area contributed by atoms with Crippen molar-refractivity contribution in [3.63, 3.8) is 0 Å². The van der Waals surface area contributed by atoms with Crippen LogP contribution in [0.5, 0.6) is 0 Å². The van der Waals surface area contributed by atoms with Crippen LogP contribution < -0.4 is 0 Å². The molecule has 0 bridgehead atoms. The Morgan fingerprint density at radius 3 is 2.32 bits per heavy atom. The molecule has 1 heterocycles. The summed E-state index contributed by atoms with van der Waals surface area (Å²) in [6, 6.07) is 19.6. The molecule has 0 spiro atoms. The monoisotopic (exact) mass is 245 g/mol. The van der Waals surface area contributed by atoms with Gasteiger partial charge in [-0.3, -0.25) is 0 Å². The molecule has 0 aliphatic carbocycles. The van der Waals surface area contributed by atoms with E-state index in [0.717, 1.165) is 16.8 Å². The first kappa shape index (κ1) is 11.2. The first-order valence-electron chi connectivity index (χ1n) is 5.97. The number of hydrogen-bond donors (Lipinski definition) is 0. The third-order valence-corrected chi connectivity index (χ3v) is 2.95. The molecular formula is C16H11N3. The van der Waals surface area contributed by atoms with Crippen LogP contribution in [0.1, 0.15) is 5.56 Å². The molecule has 90 valence electrons. The summed E-state index contributed by atoms with van der Waals surface area (Å²) in [5.74, 6) is 0. The fourth-order valence-corrected chi connectivity index (χ4v) is 1.93. The average Bonchev–Trinajstić information content (AvgIpc) is 2.98. The number of nitriles is 1. The summed E-state index contributed by atoms with van der Waals surface area (Å²) in [4.78, 5) is 0. The van der Waals surface area contributed by atoms with E-state index in [1.54, 1.807) is 12.1 Å². The molecule has 3 nitrogen and oxygen atoms in total. The predicted molar refractivity (Wildman–Crippen MR) is 73.7 cm³/mol. The maximum Gasteiger partial charge on any atom is 0.0991 e. The Morgan fingerprint density at radius 1 is 0.895 bits per heavy atom. The lowest BCUT2D eigenvalue weighted by atomic mass is 10.1. The molecule has 0 amide bonds. The van der Waals surface area contributed by atoms with Crippen molar-refractivity contribution in [2.24, 2.45) is 0 Å². The van der Waals surface area contributed by atoms with Crippen molar-refractivity contribution in [1.82, 2.24) is 9.78 Å². The standard InChI is InChI=1S/C16H11N3/c17-10-13-6-8-16(9-7-13)19-12-15(11-18-19)14-4-2-1-3-5-14/h1-9,11-12H. The third kappa shape index (κ3) is 2.24. The summed E-state index contributed by atoms with van der Waals surface area (Å²) in [7, 11) is 0. The van der Waals surface area contributed by atoms with Crippen LogP contribution in [-0.2, 0) is 0 Å². The normalized spacial score (nSPS) is 10.1. The second-order valence-electron chi connectivity index (χ2n) is 4.20. The van der Waals surface area contributed by atoms with Crippen LogP contribution >= 0.6 is 0 Å². The number of aromatic nitrogens is 2. The van der Waals surface area contributed by atoms with Gasteiger partial charge in [-0.05, 0) is 29.8 Å². The van der Waals surface area contributed by atoms with Gasteiger partial charge in [-0.15, -0.1) is 0 Å². The Kier molecular flexibility index (Phi) is 2.83. The van der Waals surface area contributed by atoms with E-state index >= 15 is 0 Å². The van der Waals surface area contributed by atoms with Crippen LogP contribution in [0.3, 0.4) is 0 Å². The van der Waals surface area contributed by atoms with Gasteiger partial charge in [0.1, 0.15) is 0 Å². The molecule has 1 aromatic heterocycles. The number of benzene rings is 2. The third-order valence-electron chi connectivity index (χ3n) is 2.95. The maximum absolute atomic E-state index is 8.78. The Hall–Kier alpha value is -2.86. The highest BCUT2D eigenvalue weighted by Gasteiger charge is 2.02. The molecule has 0 atom stereocenters. The molecule has 0 radical (unpaired) electrons. The first-order chi connectivity index (χ1) is 9.36. The fraction of sp³-hybridized carbons (Fsp3) is 0. The van der Waals surface area contributed by atoms with Crippen molar-refractivity contribution in [1.29, 1.82) is 5.26 Å². The minimum Gasteiger partial charge on any atom is -0.240 e. The quantitative estimate of drug-likeness (QED) is 0.694. The zero-order valence-corrected chi connectivity index (χ0v) is 10.2. The van der Waals surface area contributed by atoms with Crippen molar-refractivity contribution in [2.75, 3.05) is 0 Å². The van der Waals surface area contributed by atoms with E-state index in [1.165, 1.54) is 0 Å². The highest BCUT2D eigenvalue weighted by Crippen LogP contribution is 2.19. The molecule has 0 saturated carbocycles. The summed E-state index contributed by atoms with van der Waals surface area (Å²) in [6.45, 7) is 0. The van der Waals surface area contributed by atoms with Crippen LogP contribution in [0.2, 0.25) is 0 Å². The van der Waals surface area contributed by atoms with Crippen molar-refractivity contribution in [3.8, 4) is 22.9 Å². The predicted octanol–water partition coefficient (Wildman–Crippen LogP) is 3.41. The molecule has 2 aromatic carbocycles. The second kappa shape index (κ2) is 4.79. The van der Waals surface area contributed by atoms with E-state index in [1.807, 2.05) is 47.4 Å². The van der Waals surface area contributed by atoms with Gasteiger partial charge in [0.2, 0.25) is 0 Å². The van der Waals surface area contributed by atoms with Gasteiger partial charge in [0.15, 0.2) is 0 Å². The van der Waals surface area contributed by atoms with Crippen LogP contribution in [0, 0.1) is 11.3 Å². The molecule has 3 heteroatoms. The maximum atomic E-state index is 8.78. The second-order valence-corrected chi connectivity index (χ2v) is 4.20. The summed E-state index contributed by atoms with van der Waals surface area (Å²) >= 11 is 0. The number of nitrogens with zero attached hydrogens (tertiary/aromatic N) is 3. The Balaban J connectivity index is 1.95. The zero-order valence-electron chi connectivity index (χ0n) is 10.2. The molecule has 0 fully saturated rings. The first-order valence-corrected chi connectivity index (χ1v) is 5.97. The molecule has 0 unspecified atom stereocenters. The molecule has 0 N–H and O–H groups in total. The molecular weight excluding hydrogens is 234 g/mol.